The Labute approximate surface area is 194 Å². The molecule has 4 amide bonds. The van der Waals surface area contributed by atoms with Crippen molar-refractivity contribution in [3.8, 4) is 0 Å². The second-order valence-electron chi connectivity index (χ2n) is 8.88. The van der Waals surface area contributed by atoms with Crippen LogP contribution in [0, 0.1) is 17.7 Å². The molecule has 1 aliphatic carbocycles. The van der Waals surface area contributed by atoms with Gasteiger partial charge < -0.3 is 10.2 Å². The molecule has 1 aromatic carbocycles. The number of benzene rings is 1. The number of rotatable bonds is 9. The van der Waals surface area contributed by atoms with Gasteiger partial charge in [0.15, 0.2) is 0 Å². The zero-order chi connectivity index (χ0) is 24.1. The van der Waals surface area contributed by atoms with Gasteiger partial charge >= 0.3 is 0 Å². The summed E-state index contributed by atoms with van der Waals surface area (Å²) in [6.45, 7) is 5.59. The van der Waals surface area contributed by atoms with E-state index >= 15 is 0 Å². The van der Waals surface area contributed by atoms with E-state index in [2.05, 4.69) is 5.32 Å². The smallest absolute Gasteiger partial charge is 0.242 e. The van der Waals surface area contributed by atoms with Crippen LogP contribution in [0.25, 0.3) is 0 Å². The highest BCUT2D eigenvalue weighted by Gasteiger charge is 2.47. The molecule has 7 nitrogen and oxygen atoms in total. The van der Waals surface area contributed by atoms with Crippen molar-refractivity contribution in [2.24, 2.45) is 11.8 Å². The lowest BCUT2D eigenvalue weighted by molar-refractivity contribution is -0.143. The fourth-order valence-corrected chi connectivity index (χ4v) is 4.28. The quantitative estimate of drug-likeness (QED) is 0.456. The maximum absolute atomic E-state index is 13.3. The second kappa shape index (κ2) is 10.7. The van der Waals surface area contributed by atoms with Crippen LogP contribution in [0.3, 0.4) is 0 Å². The minimum absolute atomic E-state index is 0.0108. The Morgan fingerprint density at radius 2 is 1.67 bits per heavy atom. The highest BCUT2D eigenvalue weighted by Crippen LogP contribution is 2.35. The van der Waals surface area contributed by atoms with Crippen molar-refractivity contribution < 1.29 is 23.6 Å². The molecule has 4 atom stereocenters. The average molecular weight is 458 g/mol. The summed E-state index contributed by atoms with van der Waals surface area (Å²) < 4.78 is 13.3. The largest absolute Gasteiger partial charge is 0.352 e. The van der Waals surface area contributed by atoms with Gasteiger partial charge in [0.2, 0.25) is 23.6 Å². The van der Waals surface area contributed by atoms with E-state index < -0.39 is 6.04 Å². The number of nitrogens with zero attached hydrogens (tertiary/aromatic N) is 2. The number of hydrogen-bond acceptors (Lipinski definition) is 4. The van der Waals surface area contributed by atoms with Gasteiger partial charge in [0, 0.05) is 25.6 Å². The molecule has 0 radical (unpaired) electrons. The number of fused-ring (bicyclic) bond motifs is 1. The van der Waals surface area contributed by atoms with Crippen molar-refractivity contribution in [1.29, 1.82) is 0 Å². The first kappa shape index (κ1) is 24.6. The molecule has 3 rings (SSSR count). The Balaban J connectivity index is 1.71. The van der Waals surface area contributed by atoms with Crippen LogP contribution < -0.4 is 5.32 Å². The van der Waals surface area contributed by atoms with Gasteiger partial charge in [-0.2, -0.15) is 0 Å². The topological polar surface area (TPSA) is 86.8 Å². The monoisotopic (exact) mass is 457 g/mol. The minimum atomic E-state index is -0.770. The van der Waals surface area contributed by atoms with E-state index in [0.717, 1.165) is 6.42 Å². The van der Waals surface area contributed by atoms with Crippen LogP contribution in [0.5, 0.6) is 0 Å². The third-order valence-corrected chi connectivity index (χ3v) is 6.58. The number of nitrogens with one attached hydrogen (secondary N) is 1. The minimum Gasteiger partial charge on any atom is -0.352 e. The van der Waals surface area contributed by atoms with E-state index in [9.17, 15) is 23.6 Å². The van der Waals surface area contributed by atoms with Crippen LogP contribution in [-0.2, 0) is 25.7 Å². The Morgan fingerprint density at radius 3 is 2.21 bits per heavy atom. The SMILES string of the molecule is CC[C@@H](C)NC(=O)[C@H](C)N(Cc1ccc(F)cc1)C(=O)CCN1C(=O)[C@H]2CC=CC[C@H]2C1=O. The van der Waals surface area contributed by atoms with E-state index in [0.29, 0.717) is 18.4 Å². The van der Waals surface area contributed by atoms with E-state index in [4.69, 9.17) is 0 Å². The number of carbonyl (C=O) groups excluding carboxylic acids is 4. The molecule has 0 aromatic heterocycles. The molecule has 1 heterocycles. The predicted molar refractivity (Wildman–Crippen MR) is 121 cm³/mol. The Morgan fingerprint density at radius 1 is 1.09 bits per heavy atom. The number of hydrogen-bond donors (Lipinski definition) is 1. The molecule has 0 bridgehead atoms. The summed E-state index contributed by atoms with van der Waals surface area (Å²) >= 11 is 0. The summed E-state index contributed by atoms with van der Waals surface area (Å²) in [5.74, 6) is -2.16. The molecular weight excluding hydrogens is 425 g/mol. The Kier molecular flexibility index (Phi) is 8.00. The van der Waals surface area contributed by atoms with Crippen molar-refractivity contribution >= 4 is 23.6 Å². The van der Waals surface area contributed by atoms with Gasteiger partial charge in [-0.15, -0.1) is 0 Å². The number of allylic oxidation sites excluding steroid dienone is 2. The van der Waals surface area contributed by atoms with E-state index in [-0.39, 0.29) is 66.8 Å². The van der Waals surface area contributed by atoms with Crippen molar-refractivity contribution in [3.63, 3.8) is 0 Å². The van der Waals surface area contributed by atoms with Crippen LogP contribution >= 0.6 is 0 Å². The Bertz CT molecular complexity index is 904. The van der Waals surface area contributed by atoms with Crippen LogP contribution in [0.15, 0.2) is 36.4 Å². The molecule has 1 aromatic rings. The van der Waals surface area contributed by atoms with Crippen molar-refractivity contribution in [2.45, 2.75) is 65.1 Å². The van der Waals surface area contributed by atoms with E-state index in [1.165, 1.54) is 21.9 Å². The number of halogens is 1. The zero-order valence-electron chi connectivity index (χ0n) is 19.4. The molecule has 178 valence electrons. The molecule has 1 N–H and O–H groups in total. The summed E-state index contributed by atoms with van der Waals surface area (Å²) in [4.78, 5) is 54.0. The predicted octanol–water partition coefficient (Wildman–Crippen LogP) is 2.80. The van der Waals surface area contributed by atoms with Gasteiger partial charge in [-0.1, -0.05) is 31.2 Å². The van der Waals surface area contributed by atoms with Crippen molar-refractivity contribution in [1.82, 2.24) is 15.1 Å². The summed E-state index contributed by atoms with van der Waals surface area (Å²) in [5.41, 5.74) is 0.679. The third-order valence-electron chi connectivity index (χ3n) is 6.58. The van der Waals surface area contributed by atoms with E-state index in [1.807, 2.05) is 26.0 Å². The van der Waals surface area contributed by atoms with Gasteiger partial charge in [0.1, 0.15) is 11.9 Å². The van der Waals surface area contributed by atoms with Crippen LogP contribution in [-0.4, -0.2) is 52.1 Å². The molecule has 0 unspecified atom stereocenters. The maximum Gasteiger partial charge on any atom is 0.242 e. The first-order valence-corrected chi connectivity index (χ1v) is 11.6. The Hall–Kier alpha value is -3.03. The van der Waals surface area contributed by atoms with Gasteiger partial charge in [-0.05, 0) is 50.8 Å². The molecule has 8 heteroatoms. The van der Waals surface area contributed by atoms with Crippen LogP contribution in [0.4, 0.5) is 4.39 Å². The first-order chi connectivity index (χ1) is 15.7. The van der Waals surface area contributed by atoms with Crippen LogP contribution in [0.2, 0.25) is 0 Å². The highest BCUT2D eigenvalue weighted by atomic mass is 19.1. The molecule has 0 saturated carbocycles. The number of amides is 4. The third kappa shape index (κ3) is 5.67. The first-order valence-electron chi connectivity index (χ1n) is 11.6. The average Bonchev–Trinajstić information content (AvgIpc) is 3.06. The normalized spacial score (nSPS) is 21.5. The van der Waals surface area contributed by atoms with Gasteiger partial charge in [-0.3, -0.25) is 24.1 Å². The fraction of sp³-hybridized carbons (Fsp3) is 0.520. The maximum atomic E-state index is 13.3. The zero-order valence-corrected chi connectivity index (χ0v) is 19.4. The van der Waals surface area contributed by atoms with E-state index in [1.54, 1.807) is 19.1 Å². The summed E-state index contributed by atoms with van der Waals surface area (Å²) in [6.07, 6.45) is 5.60. The number of carbonyl (C=O) groups is 4. The van der Waals surface area contributed by atoms with Crippen molar-refractivity contribution in [3.05, 3.63) is 47.8 Å². The molecule has 1 saturated heterocycles. The summed E-state index contributed by atoms with van der Waals surface area (Å²) in [7, 11) is 0. The lowest BCUT2D eigenvalue weighted by Gasteiger charge is -2.30. The standard InChI is InChI=1S/C25H32FN3O4/c1-4-16(2)27-23(31)17(3)29(15-18-9-11-19(26)12-10-18)22(30)13-14-28-24(32)20-7-5-6-8-21(20)25(28)33/h5-6,9-12,16-17,20-21H,4,7-8,13-15H2,1-3H3,(H,27,31)/t16-,17+,20-,21+/m1/s1. The fourth-order valence-electron chi connectivity index (χ4n) is 4.28. The molecule has 1 fully saturated rings. The van der Waals surface area contributed by atoms with Gasteiger partial charge in [0.05, 0.1) is 11.8 Å². The second-order valence-corrected chi connectivity index (χ2v) is 8.88. The molecule has 33 heavy (non-hydrogen) atoms. The number of imide groups is 1. The van der Waals surface area contributed by atoms with Gasteiger partial charge in [-0.25, -0.2) is 4.39 Å². The van der Waals surface area contributed by atoms with Crippen LogP contribution in [0.1, 0.15) is 52.0 Å². The van der Waals surface area contributed by atoms with Crippen molar-refractivity contribution in [2.75, 3.05) is 6.54 Å². The summed E-state index contributed by atoms with van der Waals surface area (Å²) in [6, 6.07) is 4.94. The molecule has 0 spiro atoms. The highest BCUT2D eigenvalue weighted by molar-refractivity contribution is 6.05. The lowest BCUT2D eigenvalue weighted by Crippen LogP contribution is -2.50. The van der Waals surface area contributed by atoms with Gasteiger partial charge in [0.25, 0.3) is 0 Å². The lowest BCUT2D eigenvalue weighted by atomic mass is 9.85. The molecule has 2 aliphatic rings. The summed E-state index contributed by atoms with van der Waals surface area (Å²) in [5, 5.41) is 2.89. The molecular formula is C25H32FN3O4. The number of likely N-dealkylation sites (tertiary alicyclic amines) is 1. The molecule has 1 aliphatic heterocycles.